The summed E-state index contributed by atoms with van der Waals surface area (Å²) in [5.74, 6) is 1.16. The number of rotatable bonds is 8. The first-order chi connectivity index (χ1) is 10.2. The fourth-order valence-electron chi connectivity index (χ4n) is 2.27. The van der Waals surface area contributed by atoms with E-state index < -0.39 is 0 Å². The van der Waals surface area contributed by atoms with E-state index in [9.17, 15) is 4.79 Å². The van der Waals surface area contributed by atoms with Gasteiger partial charge in [-0.1, -0.05) is 24.3 Å². The predicted molar refractivity (Wildman–Crippen MR) is 87.2 cm³/mol. The van der Waals surface area contributed by atoms with E-state index in [4.69, 9.17) is 4.74 Å². The average Bonchev–Trinajstić information content (AvgIpc) is 3.02. The van der Waals surface area contributed by atoms with Crippen LogP contribution in [0.3, 0.4) is 0 Å². The molecule has 0 unspecified atom stereocenters. The number of hydrogen-bond donors (Lipinski definition) is 0. The smallest absolute Gasteiger partial charge is 0.172 e. The monoisotopic (exact) mass is 303 g/mol. The van der Waals surface area contributed by atoms with Gasteiger partial charge in [0.05, 0.1) is 12.0 Å². The van der Waals surface area contributed by atoms with Gasteiger partial charge in [0.2, 0.25) is 0 Å². The fraction of sp³-hybridized carbons (Fsp3) is 0.353. The zero-order chi connectivity index (χ0) is 15.1. The molecular formula is C17H21NO2S. The molecule has 0 fully saturated rings. The third-order valence-electron chi connectivity index (χ3n) is 3.37. The van der Waals surface area contributed by atoms with E-state index >= 15 is 0 Å². The maximum absolute atomic E-state index is 11.9. The topological polar surface area (TPSA) is 29.5 Å². The van der Waals surface area contributed by atoms with E-state index in [1.807, 2.05) is 35.7 Å². The number of methoxy groups -OCH3 is 1. The first-order valence-electron chi connectivity index (χ1n) is 7.08. The standard InChI is InChI=1S/C17H21NO2S/c1-18(13-14-7-3-4-9-16(14)20-2)11-5-8-15(19)17-10-6-12-21-17/h3-4,6-7,9-10,12H,5,8,11,13H2,1-2H3. The molecule has 0 saturated carbocycles. The van der Waals surface area contributed by atoms with Gasteiger partial charge in [0.25, 0.3) is 0 Å². The third kappa shape index (κ3) is 4.69. The van der Waals surface area contributed by atoms with Gasteiger partial charge >= 0.3 is 0 Å². The Hall–Kier alpha value is -1.65. The zero-order valence-electron chi connectivity index (χ0n) is 12.5. The van der Waals surface area contributed by atoms with Crippen molar-refractivity contribution < 1.29 is 9.53 Å². The molecule has 21 heavy (non-hydrogen) atoms. The highest BCUT2D eigenvalue weighted by molar-refractivity contribution is 7.12. The zero-order valence-corrected chi connectivity index (χ0v) is 13.4. The SMILES string of the molecule is COc1ccccc1CN(C)CCCC(=O)c1cccs1. The number of thiophene rings is 1. The molecule has 0 aliphatic carbocycles. The Balaban J connectivity index is 1.77. The highest BCUT2D eigenvalue weighted by atomic mass is 32.1. The molecule has 0 N–H and O–H groups in total. The Labute approximate surface area is 130 Å². The lowest BCUT2D eigenvalue weighted by molar-refractivity contribution is 0.0980. The summed E-state index contributed by atoms with van der Waals surface area (Å²) in [4.78, 5) is 15.0. The second-order valence-corrected chi connectivity index (χ2v) is 6.00. The summed E-state index contributed by atoms with van der Waals surface area (Å²) in [6, 6.07) is 11.9. The number of benzene rings is 1. The van der Waals surface area contributed by atoms with Crippen molar-refractivity contribution in [3.8, 4) is 5.75 Å². The Morgan fingerprint density at radius 2 is 2.05 bits per heavy atom. The number of carbonyl (C=O) groups is 1. The van der Waals surface area contributed by atoms with Crippen LogP contribution >= 0.6 is 11.3 Å². The maximum atomic E-state index is 11.9. The molecule has 1 aromatic carbocycles. The molecule has 4 heteroatoms. The van der Waals surface area contributed by atoms with Crippen molar-refractivity contribution in [2.24, 2.45) is 0 Å². The van der Waals surface area contributed by atoms with Crippen molar-refractivity contribution in [2.45, 2.75) is 19.4 Å². The van der Waals surface area contributed by atoms with Crippen molar-refractivity contribution in [3.63, 3.8) is 0 Å². The number of Topliss-reactive ketones (excluding diaryl/α,β-unsaturated/α-hetero) is 1. The number of hydrogen-bond acceptors (Lipinski definition) is 4. The van der Waals surface area contributed by atoms with Crippen LogP contribution in [0.15, 0.2) is 41.8 Å². The van der Waals surface area contributed by atoms with Crippen molar-refractivity contribution in [1.29, 1.82) is 0 Å². The van der Waals surface area contributed by atoms with Crippen molar-refractivity contribution in [1.82, 2.24) is 4.90 Å². The molecule has 0 saturated heterocycles. The summed E-state index contributed by atoms with van der Waals surface area (Å²) in [6.07, 6.45) is 1.49. The number of carbonyl (C=O) groups excluding carboxylic acids is 1. The summed E-state index contributed by atoms with van der Waals surface area (Å²) in [7, 11) is 3.76. The Morgan fingerprint density at radius 1 is 1.24 bits per heavy atom. The van der Waals surface area contributed by atoms with Crippen LogP contribution in [0.1, 0.15) is 28.1 Å². The highest BCUT2D eigenvalue weighted by Gasteiger charge is 2.09. The molecule has 2 aromatic rings. The summed E-state index contributed by atoms with van der Waals surface area (Å²) >= 11 is 1.52. The third-order valence-corrected chi connectivity index (χ3v) is 4.28. The van der Waals surface area contributed by atoms with Gasteiger partial charge in [0.15, 0.2) is 5.78 Å². The summed E-state index contributed by atoms with van der Waals surface area (Å²) < 4.78 is 5.36. The molecule has 1 aromatic heterocycles. The maximum Gasteiger partial charge on any atom is 0.172 e. The van der Waals surface area contributed by atoms with Gasteiger partial charge in [-0.2, -0.15) is 0 Å². The molecule has 0 radical (unpaired) electrons. The van der Waals surface area contributed by atoms with Gasteiger partial charge in [-0.05, 0) is 37.5 Å². The number of para-hydroxylation sites is 1. The van der Waals surface area contributed by atoms with E-state index in [-0.39, 0.29) is 5.78 Å². The van der Waals surface area contributed by atoms with Crippen LogP contribution in [-0.2, 0) is 6.54 Å². The minimum absolute atomic E-state index is 0.246. The molecule has 0 spiro atoms. The molecule has 0 atom stereocenters. The lowest BCUT2D eigenvalue weighted by Gasteiger charge is -2.18. The number of ketones is 1. The van der Waals surface area contributed by atoms with E-state index in [0.717, 1.165) is 30.1 Å². The van der Waals surface area contributed by atoms with Crippen LogP contribution in [-0.4, -0.2) is 31.4 Å². The summed E-state index contributed by atoms with van der Waals surface area (Å²) in [6.45, 7) is 1.73. The molecule has 2 rings (SSSR count). The van der Waals surface area contributed by atoms with Crippen LogP contribution < -0.4 is 4.74 Å². The number of nitrogens with zero attached hydrogens (tertiary/aromatic N) is 1. The second-order valence-electron chi connectivity index (χ2n) is 5.05. The van der Waals surface area contributed by atoms with E-state index in [1.165, 1.54) is 16.9 Å². The minimum atomic E-state index is 0.246. The van der Waals surface area contributed by atoms with Gasteiger partial charge < -0.3 is 9.64 Å². The predicted octanol–water partition coefficient (Wildman–Crippen LogP) is 3.85. The first-order valence-corrected chi connectivity index (χ1v) is 7.96. The van der Waals surface area contributed by atoms with Gasteiger partial charge in [0.1, 0.15) is 5.75 Å². The normalized spacial score (nSPS) is 10.8. The fourth-order valence-corrected chi connectivity index (χ4v) is 2.97. The van der Waals surface area contributed by atoms with Gasteiger partial charge in [-0.3, -0.25) is 4.79 Å². The van der Waals surface area contributed by atoms with Crippen LogP contribution in [0.25, 0.3) is 0 Å². The summed E-state index contributed by atoms with van der Waals surface area (Å²) in [5.41, 5.74) is 1.17. The van der Waals surface area contributed by atoms with Gasteiger partial charge in [0, 0.05) is 18.5 Å². The van der Waals surface area contributed by atoms with Crippen LogP contribution in [0.4, 0.5) is 0 Å². The van der Waals surface area contributed by atoms with E-state index in [1.54, 1.807) is 7.11 Å². The minimum Gasteiger partial charge on any atom is -0.496 e. The van der Waals surface area contributed by atoms with Gasteiger partial charge in [-0.25, -0.2) is 0 Å². The molecule has 0 aliphatic rings. The summed E-state index contributed by atoms with van der Waals surface area (Å²) in [5, 5.41) is 1.95. The second kappa shape index (κ2) is 7.96. The Kier molecular flexibility index (Phi) is 5.96. The van der Waals surface area contributed by atoms with Crippen molar-refractivity contribution in [2.75, 3.05) is 20.7 Å². The van der Waals surface area contributed by atoms with E-state index in [2.05, 4.69) is 18.0 Å². The molecular weight excluding hydrogens is 282 g/mol. The molecule has 0 aliphatic heterocycles. The van der Waals surface area contributed by atoms with Crippen LogP contribution in [0, 0.1) is 0 Å². The van der Waals surface area contributed by atoms with Crippen LogP contribution in [0.2, 0.25) is 0 Å². The largest absolute Gasteiger partial charge is 0.496 e. The highest BCUT2D eigenvalue weighted by Crippen LogP contribution is 2.19. The first kappa shape index (κ1) is 15.7. The Morgan fingerprint density at radius 3 is 2.76 bits per heavy atom. The molecule has 1 heterocycles. The Bertz CT molecular complexity index is 566. The van der Waals surface area contributed by atoms with Gasteiger partial charge in [-0.15, -0.1) is 11.3 Å². The molecule has 0 bridgehead atoms. The van der Waals surface area contributed by atoms with Crippen molar-refractivity contribution >= 4 is 17.1 Å². The molecule has 112 valence electrons. The van der Waals surface area contributed by atoms with Crippen LogP contribution in [0.5, 0.6) is 5.75 Å². The quantitative estimate of drug-likeness (QED) is 0.694. The molecule has 0 amide bonds. The van der Waals surface area contributed by atoms with Crippen molar-refractivity contribution in [3.05, 3.63) is 52.2 Å². The molecule has 3 nitrogen and oxygen atoms in total. The average molecular weight is 303 g/mol. The lowest BCUT2D eigenvalue weighted by Crippen LogP contribution is -2.20. The number of ether oxygens (including phenoxy) is 1. The lowest BCUT2D eigenvalue weighted by atomic mass is 10.1. The van der Waals surface area contributed by atoms with E-state index in [0.29, 0.717) is 6.42 Å².